The number of nitrogens with one attached hydrogen (secondary N) is 1. The smallest absolute Gasteiger partial charge is 0.0916 e. The van der Waals surface area contributed by atoms with E-state index in [-0.39, 0.29) is 0 Å². The summed E-state index contributed by atoms with van der Waals surface area (Å²) in [5.41, 5.74) is 5.36. The lowest BCUT2D eigenvalue weighted by atomic mass is 10.2. The normalized spacial score (nSPS) is 12.0. The zero-order valence-electron chi connectivity index (χ0n) is 10.6. The average Bonchev–Trinajstić information content (AvgIpc) is 2.60. The summed E-state index contributed by atoms with van der Waals surface area (Å²) in [7, 11) is 1.76. The van der Waals surface area contributed by atoms with Crippen molar-refractivity contribution in [3.63, 3.8) is 0 Å². The van der Waals surface area contributed by atoms with Crippen LogP contribution in [0, 0.1) is 0 Å². The molecule has 0 aliphatic heterocycles. The second kappa shape index (κ2) is 4.66. The van der Waals surface area contributed by atoms with Crippen LogP contribution in [-0.2, 0) is 0 Å². The molecular formula is C15H14N4. The summed E-state index contributed by atoms with van der Waals surface area (Å²) in [5.74, 6) is 5.70. The summed E-state index contributed by atoms with van der Waals surface area (Å²) >= 11 is 0. The zero-order chi connectivity index (χ0) is 13.2. The first-order valence-electron chi connectivity index (χ1n) is 6.06. The van der Waals surface area contributed by atoms with Crippen molar-refractivity contribution in [2.75, 3.05) is 12.5 Å². The lowest BCUT2D eigenvalue weighted by Crippen LogP contribution is -2.16. The van der Waals surface area contributed by atoms with Gasteiger partial charge in [-0.05, 0) is 12.1 Å². The molecule has 2 aromatic carbocycles. The fourth-order valence-corrected chi connectivity index (χ4v) is 2.32. The molecule has 0 radical (unpaired) electrons. The molecule has 4 heteroatoms. The Balaban J connectivity index is 2.72. The SMILES string of the molecule is CN=c1c(NN)c2ccccc2nc2ccccc12. The molecule has 19 heavy (non-hydrogen) atoms. The van der Waals surface area contributed by atoms with Crippen molar-refractivity contribution in [2.24, 2.45) is 10.8 Å². The summed E-state index contributed by atoms with van der Waals surface area (Å²) in [5, 5.41) is 2.77. The fourth-order valence-electron chi connectivity index (χ4n) is 2.32. The van der Waals surface area contributed by atoms with Crippen molar-refractivity contribution in [3.8, 4) is 0 Å². The minimum absolute atomic E-state index is 0.798. The summed E-state index contributed by atoms with van der Waals surface area (Å²) in [4.78, 5) is 9.08. The van der Waals surface area contributed by atoms with Gasteiger partial charge in [-0.15, -0.1) is 0 Å². The molecule has 0 saturated heterocycles. The summed E-state index contributed by atoms with van der Waals surface area (Å²) in [6, 6.07) is 15.8. The predicted octanol–water partition coefficient (Wildman–Crippen LogP) is 2.20. The Morgan fingerprint density at radius 3 is 2.16 bits per heavy atom. The first-order chi connectivity index (χ1) is 9.35. The van der Waals surface area contributed by atoms with Crippen LogP contribution in [0.5, 0.6) is 0 Å². The van der Waals surface area contributed by atoms with Crippen molar-refractivity contribution < 1.29 is 0 Å². The Labute approximate surface area is 110 Å². The molecule has 4 nitrogen and oxygen atoms in total. The van der Waals surface area contributed by atoms with Gasteiger partial charge in [-0.25, -0.2) is 4.98 Å². The Morgan fingerprint density at radius 1 is 0.947 bits per heavy atom. The monoisotopic (exact) mass is 250 g/mol. The highest BCUT2D eigenvalue weighted by molar-refractivity contribution is 5.96. The maximum absolute atomic E-state index is 5.70. The predicted molar refractivity (Wildman–Crippen MR) is 78.5 cm³/mol. The van der Waals surface area contributed by atoms with Crippen LogP contribution in [0.4, 0.5) is 5.69 Å². The van der Waals surface area contributed by atoms with Crippen LogP contribution < -0.4 is 16.6 Å². The molecule has 0 aliphatic carbocycles. The van der Waals surface area contributed by atoms with Crippen molar-refractivity contribution in [1.82, 2.24) is 4.98 Å². The van der Waals surface area contributed by atoms with E-state index in [0.29, 0.717) is 0 Å². The van der Waals surface area contributed by atoms with Crippen LogP contribution in [0.3, 0.4) is 0 Å². The van der Waals surface area contributed by atoms with Crippen LogP contribution in [0.15, 0.2) is 53.5 Å². The van der Waals surface area contributed by atoms with E-state index in [1.807, 2.05) is 48.5 Å². The van der Waals surface area contributed by atoms with Gasteiger partial charge in [0.05, 0.1) is 22.1 Å². The number of aromatic nitrogens is 1. The van der Waals surface area contributed by atoms with Crippen LogP contribution in [0.2, 0.25) is 0 Å². The Morgan fingerprint density at radius 2 is 1.53 bits per heavy atom. The molecule has 0 amide bonds. The molecule has 94 valence electrons. The molecule has 0 aliphatic rings. The summed E-state index contributed by atoms with van der Waals surface area (Å²) in [6.07, 6.45) is 0. The first kappa shape index (κ1) is 11.6. The number of anilines is 1. The standard InChI is InChI=1S/C15H14N4/c1-17-14-10-6-2-4-8-12(10)18-13-9-5-3-7-11(13)15(14)19-16/h2-9H,16H2,1H3,(H,17,19). The second-order valence-corrected chi connectivity index (χ2v) is 4.24. The van der Waals surface area contributed by atoms with Gasteiger partial charge in [-0.3, -0.25) is 10.8 Å². The Kier molecular flexibility index (Phi) is 2.85. The van der Waals surface area contributed by atoms with Gasteiger partial charge in [-0.1, -0.05) is 36.4 Å². The first-order valence-corrected chi connectivity index (χ1v) is 6.06. The van der Waals surface area contributed by atoms with E-state index in [1.54, 1.807) is 7.05 Å². The minimum atomic E-state index is 0.798. The van der Waals surface area contributed by atoms with Crippen LogP contribution in [0.1, 0.15) is 0 Å². The highest BCUT2D eigenvalue weighted by atomic mass is 15.2. The molecule has 0 saturated carbocycles. The Bertz CT molecular complexity index is 824. The molecule has 0 spiro atoms. The molecule has 1 heterocycles. The molecule has 3 aromatic rings. The number of nitrogens with two attached hydrogens (primary N) is 1. The number of nitrogen functional groups attached to an aromatic ring is 1. The van der Waals surface area contributed by atoms with Crippen molar-refractivity contribution in [1.29, 1.82) is 0 Å². The van der Waals surface area contributed by atoms with E-state index in [1.165, 1.54) is 0 Å². The summed E-state index contributed by atoms with van der Waals surface area (Å²) in [6.45, 7) is 0. The van der Waals surface area contributed by atoms with Gasteiger partial charge >= 0.3 is 0 Å². The Hall–Kier alpha value is -2.46. The largest absolute Gasteiger partial charge is 0.322 e. The van der Waals surface area contributed by atoms with Gasteiger partial charge in [0.1, 0.15) is 0 Å². The molecule has 3 N–H and O–H groups in total. The quantitative estimate of drug-likeness (QED) is 0.514. The second-order valence-electron chi connectivity index (χ2n) is 4.24. The molecule has 0 fully saturated rings. The highest BCUT2D eigenvalue weighted by Crippen LogP contribution is 2.19. The van der Waals surface area contributed by atoms with E-state index in [4.69, 9.17) is 10.8 Å². The molecule has 3 rings (SSSR count). The van der Waals surface area contributed by atoms with Crippen LogP contribution in [-0.4, -0.2) is 12.0 Å². The highest BCUT2D eigenvalue weighted by Gasteiger charge is 2.06. The van der Waals surface area contributed by atoms with Gasteiger partial charge in [0, 0.05) is 17.8 Å². The van der Waals surface area contributed by atoms with Crippen LogP contribution in [0.25, 0.3) is 21.8 Å². The third-order valence-electron chi connectivity index (χ3n) is 3.18. The number of benzene rings is 2. The number of nitrogens with zero attached hydrogens (tertiary/aromatic N) is 2. The van der Waals surface area contributed by atoms with Crippen molar-refractivity contribution in [2.45, 2.75) is 0 Å². The minimum Gasteiger partial charge on any atom is -0.322 e. The molecule has 0 bridgehead atoms. The van der Waals surface area contributed by atoms with E-state index in [2.05, 4.69) is 10.4 Å². The average molecular weight is 250 g/mol. The van der Waals surface area contributed by atoms with Gasteiger partial charge in [0.2, 0.25) is 0 Å². The zero-order valence-corrected chi connectivity index (χ0v) is 10.6. The third kappa shape index (κ3) is 1.82. The fraction of sp³-hybridized carbons (Fsp3) is 0.0667. The van der Waals surface area contributed by atoms with E-state index < -0.39 is 0 Å². The topological polar surface area (TPSA) is 63.3 Å². The van der Waals surface area contributed by atoms with Crippen molar-refractivity contribution in [3.05, 3.63) is 53.9 Å². The molecule has 0 atom stereocenters. The van der Waals surface area contributed by atoms with E-state index >= 15 is 0 Å². The number of hydrazine groups is 1. The number of fused-ring (bicyclic) bond motifs is 2. The van der Waals surface area contributed by atoms with E-state index in [0.717, 1.165) is 32.9 Å². The molecule has 0 unspecified atom stereocenters. The van der Waals surface area contributed by atoms with Gasteiger partial charge in [0.25, 0.3) is 0 Å². The number of rotatable bonds is 1. The number of hydrogen-bond acceptors (Lipinski definition) is 4. The maximum atomic E-state index is 5.70. The third-order valence-corrected chi connectivity index (χ3v) is 3.18. The van der Waals surface area contributed by atoms with Gasteiger partial charge in [0.15, 0.2) is 0 Å². The lowest BCUT2D eigenvalue weighted by Gasteiger charge is -2.01. The number of para-hydroxylation sites is 2. The van der Waals surface area contributed by atoms with Crippen LogP contribution >= 0.6 is 0 Å². The van der Waals surface area contributed by atoms with Gasteiger partial charge < -0.3 is 5.43 Å². The number of hydrogen-bond donors (Lipinski definition) is 2. The van der Waals surface area contributed by atoms with Crippen molar-refractivity contribution >= 4 is 27.5 Å². The van der Waals surface area contributed by atoms with E-state index in [9.17, 15) is 0 Å². The lowest BCUT2D eigenvalue weighted by molar-refractivity contribution is 1.27. The van der Waals surface area contributed by atoms with Gasteiger partial charge in [-0.2, -0.15) is 0 Å². The molecular weight excluding hydrogens is 236 g/mol. The molecule has 1 aromatic heterocycles. The maximum Gasteiger partial charge on any atom is 0.0916 e. The summed E-state index contributed by atoms with van der Waals surface area (Å²) < 4.78 is 0.